The Morgan fingerprint density at radius 2 is 2.00 bits per heavy atom. The van der Waals surface area contributed by atoms with E-state index >= 15 is 0 Å². The summed E-state index contributed by atoms with van der Waals surface area (Å²) in [6, 6.07) is 0. The highest BCUT2D eigenvalue weighted by Gasteiger charge is 2.06. The van der Waals surface area contributed by atoms with Crippen molar-refractivity contribution in [2.45, 2.75) is 27.2 Å². The van der Waals surface area contributed by atoms with Crippen molar-refractivity contribution < 1.29 is 4.79 Å². The van der Waals surface area contributed by atoms with Gasteiger partial charge in [0, 0.05) is 6.42 Å². The monoisotopic (exact) mass is 140 g/mol. The molecule has 58 valence electrons. The van der Waals surface area contributed by atoms with Gasteiger partial charge in [-0.3, -0.25) is 0 Å². The molecular formula is C9H16O. The standard InChI is InChI=1S/C9H16O/c1-4-5-8(2)9(3)6-7-10/h4-5,7-9H,6H2,1-3H3/b5-4+/t8-,9+/m0/s1. The van der Waals surface area contributed by atoms with E-state index in [2.05, 4.69) is 19.9 Å². The van der Waals surface area contributed by atoms with Crippen LogP contribution in [0.25, 0.3) is 0 Å². The predicted octanol–water partition coefficient (Wildman–Crippen LogP) is 2.42. The third-order valence-corrected chi connectivity index (χ3v) is 1.86. The van der Waals surface area contributed by atoms with Gasteiger partial charge >= 0.3 is 0 Å². The first-order valence-electron chi connectivity index (χ1n) is 3.78. The van der Waals surface area contributed by atoms with Gasteiger partial charge in [0.05, 0.1) is 0 Å². The van der Waals surface area contributed by atoms with Crippen LogP contribution in [0, 0.1) is 11.8 Å². The van der Waals surface area contributed by atoms with Gasteiger partial charge in [-0.25, -0.2) is 0 Å². The summed E-state index contributed by atoms with van der Waals surface area (Å²) in [5.74, 6) is 1.00. The summed E-state index contributed by atoms with van der Waals surface area (Å²) >= 11 is 0. The minimum Gasteiger partial charge on any atom is -0.303 e. The summed E-state index contributed by atoms with van der Waals surface area (Å²) in [6.07, 6.45) is 5.83. The summed E-state index contributed by atoms with van der Waals surface area (Å²) in [5, 5.41) is 0. The molecule has 0 aliphatic carbocycles. The second-order valence-corrected chi connectivity index (χ2v) is 2.76. The van der Waals surface area contributed by atoms with Crippen molar-refractivity contribution >= 4 is 6.29 Å². The lowest BCUT2D eigenvalue weighted by molar-refractivity contribution is -0.108. The van der Waals surface area contributed by atoms with Crippen molar-refractivity contribution in [2.24, 2.45) is 11.8 Å². The molecule has 0 aromatic carbocycles. The molecule has 1 nitrogen and oxygen atoms in total. The summed E-state index contributed by atoms with van der Waals surface area (Å²) < 4.78 is 0. The molecule has 0 N–H and O–H groups in total. The fourth-order valence-corrected chi connectivity index (χ4v) is 0.860. The van der Waals surface area contributed by atoms with Crippen LogP contribution in [-0.4, -0.2) is 6.29 Å². The molecule has 0 aliphatic rings. The van der Waals surface area contributed by atoms with Crippen molar-refractivity contribution in [1.29, 1.82) is 0 Å². The first-order chi connectivity index (χ1) is 4.72. The van der Waals surface area contributed by atoms with E-state index in [0.717, 1.165) is 6.29 Å². The first-order valence-corrected chi connectivity index (χ1v) is 3.78. The highest BCUT2D eigenvalue weighted by molar-refractivity contribution is 5.49. The van der Waals surface area contributed by atoms with Gasteiger partial charge in [-0.1, -0.05) is 26.0 Å². The number of carbonyl (C=O) groups is 1. The quantitative estimate of drug-likeness (QED) is 0.433. The largest absolute Gasteiger partial charge is 0.303 e. The number of aldehydes is 1. The SMILES string of the molecule is C/C=C/[C@H](C)[C@H](C)CC=O. The van der Waals surface area contributed by atoms with Crippen molar-refractivity contribution in [2.75, 3.05) is 0 Å². The lowest BCUT2D eigenvalue weighted by Gasteiger charge is -2.12. The smallest absolute Gasteiger partial charge is 0.120 e. The average molecular weight is 140 g/mol. The molecular weight excluding hydrogens is 124 g/mol. The van der Waals surface area contributed by atoms with Gasteiger partial charge in [0.25, 0.3) is 0 Å². The lowest BCUT2D eigenvalue weighted by Crippen LogP contribution is -2.05. The minimum atomic E-state index is 0.480. The third-order valence-electron chi connectivity index (χ3n) is 1.86. The fourth-order valence-electron chi connectivity index (χ4n) is 0.860. The van der Waals surface area contributed by atoms with Crippen LogP contribution < -0.4 is 0 Å². The Morgan fingerprint density at radius 3 is 2.40 bits per heavy atom. The van der Waals surface area contributed by atoms with Crippen LogP contribution in [0.1, 0.15) is 27.2 Å². The molecule has 0 saturated carbocycles. The normalized spacial score (nSPS) is 17.1. The first kappa shape index (κ1) is 9.41. The average Bonchev–Trinajstić information content (AvgIpc) is 1.89. The van der Waals surface area contributed by atoms with Crippen molar-refractivity contribution in [1.82, 2.24) is 0 Å². The highest BCUT2D eigenvalue weighted by Crippen LogP contribution is 2.14. The number of carbonyl (C=O) groups excluding carboxylic acids is 1. The second kappa shape index (κ2) is 5.21. The number of hydrogen-bond acceptors (Lipinski definition) is 1. The van der Waals surface area contributed by atoms with Gasteiger partial charge in [-0.2, -0.15) is 0 Å². The topological polar surface area (TPSA) is 17.1 Å². The van der Waals surface area contributed by atoms with Gasteiger partial charge in [0.15, 0.2) is 0 Å². The molecule has 0 aromatic heterocycles. The van der Waals surface area contributed by atoms with Crippen molar-refractivity contribution in [3.8, 4) is 0 Å². The molecule has 0 amide bonds. The molecule has 0 heterocycles. The Bertz CT molecular complexity index is 116. The van der Waals surface area contributed by atoms with E-state index in [1.165, 1.54) is 0 Å². The number of rotatable bonds is 4. The summed E-state index contributed by atoms with van der Waals surface area (Å²) in [6.45, 7) is 6.23. The van der Waals surface area contributed by atoms with E-state index in [4.69, 9.17) is 0 Å². The zero-order chi connectivity index (χ0) is 7.98. The van der Waals surface area contributed by atoms with Gasteiger partial charge in [-0.15, -0.1) is 0 Å². The maximum Gasteiger partial charge on any atom is 0.120 e. The fraction of sp³-hybridized carbons (Fsp3) is 0.667. The van der Waals surface area contributed by atoms with Gasteiger partial charge < -0.3 is 4.79 Å². The molecule has 10 heavy (non-hydrogen) atoms. The maximum atomic E-state index is 10.1. The van der Waals surface area contributed by atoms with E-state index in [1.54, 1.807) is 0 Å². The zero-order valence-corrected chi connectivity index (χ0v) is 7.00. The molecule has 1 heteroatoms. The molecule has 0 fully saturated rings. The summed E-state index contributed by atoms with van der Waals surface area (Å²) in [5.41, 5.74) is 0. The Kier molecular flexibility index (Phi) is 4.91. The molecule has 0 spiro atoms. The Hall–Kier alpha value is -0.590. The summed E-state index contributed by atoms with van der Waals surface area (Å²) in [4.78, 5) is 10.1. The molecule has 0 saturated heterocycles. The number of hydrogen-bond donors (Lipinski definition) is 0. The van der Waals surface area contributed by atoms with Crippen LogP contribution in [0.4, 0.5) is 0 Å². The van der Waals surface area contributed by atoms with Crippen LogP contribution in [0.3, 0.4) is 0 Å². The zero-order valence-electron chi connectivity index (χ0n) is 7.00. The van der Waals surface area contributed by atoms with E-state index in [-0.39, 0.29) is 0 Å². The molecule has 0 bridgehead atoms. The Labute approximate surface area is 63.1 Å². The van der Waals surface area contributed by atoms with Crippen LogP contribution in [0.5, 0.6) is 0 Å². The van der Waals surface area contributed by atoms with Crippen LogP contribution in [-0.2, 0) is 4.79 Å². The summed E-state index contributed by atoms with van der Waals surface area (Å²) in [7, 11) is 0. The van der Waals surface area contributed by atoms with E-state index < -0.39 is 0 Å². The molecule has 0 rings (SSSR count). The lowest BCUT2D eigenvalue weighted by atomic mass is 9.93. The van der Waals surface area contributed by atoms with E-state index in [0.29, 0.717) is 18.3 Å². The molecule has 0 radical (unpaired) electrons. The van der Waals surface area contributed by atoms with E-state index in [9.17, 15) is 4.79 Å². The molecule has 0 aliphatic heterocycles. The molecule has 0 unspecified atom stereocenters. The Balaban J connectivity index is 3.68. The predicted molar refractivity (Wildman–Crippen MR) is 43.8 cm³/mol. The van der Waals surface area contributed by atoms with E-state index in [1.807, 2.05) is 13.0 Å². The van der Waals surface area contributed by atoms with Gasteiger partial charge in [-0.05, 0) is 18.8 Å². The second-order valence-electron chi connectivity index (χ2n) is 2.76. The minimum absolute atomic E-state index is 0.480. The van der Waals surface area contributed by atoms with Crippen molar-refractivity contribution in [3.05, 3.63) is 12.2 Å². The Morgan fingerprint density at radius 1 is 1.40 bits per heavy atom. The maximum absolute atomic E-state index is 10.1. The third kappa shape index (κ3) is 3.44. The van der Waals surface area contributed by atoms with Crippen LogP contribution in [0.2, 0.25) is 0 Å². The molecule has 2 atom stereocenters. The highest BCUT2D eigenvalue weighted by atomic mass is 16.1. The van der Waals surface area contributed by atoms with Crippen LogP contribution in [0.15, 0.2) is 12.2 Å². The van der Waals surface area contributed by atoms with Crippen molar-refractivity contribution in [3.63, 3.8) is 0 Å². The van der Waals surface area contributed by atoms with Crippen LogP contribution >= 0.6 is 0 Å². The van der Waals surface area contributed by atoms with Gasteiger partial charge in [0.2, 0.25) is 0 Å². The molecule has 0 aromatic rings. The van der Waals surface area contributed by atoms with Gasteiger partial charge in [0.1, 0.15) is 6.29 Å². The number of allylic oxidation sites excluding steroid dienone is 2.